The highest BCUT2D eigenvalue weighted by molar-refractivity contribution is 9.10. The monoisotopic (exact) mass is 599 g/mol. The summed E-state index contributed by atoms with van der Waals surface area (Å²) in [6, 6.07) is 8.97. The maximum atomic E-state index is 13.2. The molecule has 3 aliphatic rings. The Balaban J connectivity index is 1.10. The number of nitrogens with two attached hydrogens (primary N) is 1. The van der Waals surface area contributed by atoms with Crippen molar-refractivity contribution in [2.45, 2.75) is 38.1 Å². The third kappa shape index (κ3) is 5.26. The molecule has 0 radical (unpaired) electrons. The number of rotatable bonds is 4. The predicted molar refractivity (Wildman–Crippen MR) is 149 cm³/mol. The van der Waals surface area contributed by atoms with Crippen molar-refractivity contribution < 1.29 is 9.32 Å². The van der Waals surface area contributed by atoms with Gasteiger partial charge in [0.15, 0.2) is 0 Å². The minimum Gasteiger partial charge on any atom is -0.365 e. The first-order valence-corrected chi connectivity index (χ1v) is 14.4. The molecular weight excluding hydrogens is 570 g/mol. The zero-order valence-electron chi connectivity index (χ0n) is 21.2. The molecule has 3 aromatic rings. The van der Waals surface area contributed by atoms with E-state index in [1.165, 1.54) is 16.7 Å². The number of nitrogen functional groups attached to an aromatic ring is 1. The van der Waals surface area contributed by atoms with Gasteiger partial charge in [0.1, 0.15) is 0 Å². The number of nitrogens with zero attached hydrogens (tertiary/aromatic N) is 6. The lowest BCUT2D eigenvalue weighted by Gasteiger charge is -2.40. The molecule has 2 N–H and O–H groups in total. The van der Waals surface area contributed by atoms with Crippen LogP contribution in [0.5, 0.6) is 0 Å². The number of hydrogen-bond acceptors (Lipinski definition) is 8. The number of hydrogen-bond donors (Lipinski definition) is 1. The van der Waals surface area contributed by atoms with E-state index >= 15 is 0 Å². The second kappa shape index (κ2) is 10.8. The summed E-state index contributed by atoms with van der Waals surface area (Å²) in [6.07, 6.45) is 6.20. The van der Waals surface area contributed by atoms with Crippen molar-refractivity contribution in [3.05, 3.63) is 62.3 Å². The van der Waals surface area contributed by atoms with Gasteiger partial charge in [-0.3, -0.25) is 14.7 Å². The summed E-state index contributed by atoms with van der Waals surface area (Å²) in [5.74, 6) is 0.769. The van der Waals surface area contributed by atoms with Crippen LogP contribution in [0.3, 0.4) is 0 Å². The highest BCUT2D eigenvalue weighted by atomic mass is 79.9. The van der Waals surface area contributed by atoms with Crippen LogP contribution in [0.15, 0.2) is 39.5 Å². The van der Waals surface area contributed by atoms with Crippen LogP contribution < -0.4 is 10.6 Å². The molecule has 2 aromatic heterocycles. The minimum absolute atomic E-state index is 0.0631. The molecule has 11 heteroatoms. The van der Waals surface area contributed by atoms with Gasteiger partial charge in [0.25, 0.3) is 5.95 Å². The first-order valence-electron chi connectivity index (χ1n) is 13.2. The van der Waals surface area contributed by atoms with E-state index in [-0.39, 0.29) is 17.9 Å². The van der Waals surface area contributed by atoms with Crippen LogP contribution in [-0.2, 0) is 17.6 Å². The van der Waals surface area contributed by atoms with Gasteiger partial charge in [-0.15, -0.1) is 0 Å². The molecule has 9 nitrogen and oxygen atoms in total. The smallest absolute Gasteiger partial charge is 0.325 e. The minimum atomic E-state index is 0.0631. The molecule has 0 spiro atoms. The highest BCUT2D eigenvalue weighted by Gasteiger charge is 2.34. The first kappa shape index (κ1) is 25.6. The van der Waals surface area contributed by atoms with Crippen molar-refractivity contribution in [2.75, 3.05) is 49.9 Å². The topological polar surface area (TPSA) is 105 Å². The maximum absolute atomic E-state index is 13.2. The fourth-order valence-electron chi connectivity index (χ4n) is 6.07. The van der Waals surface area contributed by atoms with Crippen LogP contribution in [0.1, 0.15) is 47.7 Å². The van der Waals surface area contributed by atoms with Crippen LogP contribution >= 0.6 is 27.5 Å². The van der Waals surface area contributed by atoms with Gasteiger partial charge in [-0.2, -0.15) is 4.98 Å². The van der Waals surface area contributed by atoms with E-state index in [0.29, 0.717) is 18.4 Å². The number of anilines is 2. The number of piperidine rings is 1. The van der Waals surface area contributed by atoms with E-state index in [2.05, 4.69) is 49.2 Å². The van der Waals surface area contributed by atoms with Crippen LogP contribution in [-0.4, -0.2) is 70.1 Å². The highest BCUT2D eigenvalue weighted by Crippen LogP contribution is 2.38. The number of carbonyl (C=O) groups excluding carboxylic acids is 1. The molecule has 1 aliphatic carbocycles. The van der Waals surface area contributed by atoms with E-state index < -0.39 is 0 Å². The summed E-state index contributed by atoms with van der Waals surface area (Å²) < 4.78 is 6.19. The number of halogens is 2. The summed E-state index contributed by atoms with van der Waals surface area (Å²) in [5, 5.41) is 4.44. The first-order chi connectivity index (χ1) is 18.4. The van der Waals surface area contributed by atoms with Gasteiger partial charge >= 0.3 is 6.01 Å². The van der Waals surface area contributed by atoms with Gasteiger partial charge in [0.05, 0.1) is 11.7 Å². The van der Waals surface area contributed by atoms with Crippen LogP contribution in [0.2, 0.25) is 5.02 Å². The Hall–Kier alpha value is -2.69. The Morgan fingerprint density at radius 1 is 1.08 bits per heavy atom. The summed E-state index contributed by atoms with van der Waals surface area (Å²) in [5.41, 5.74) is 10.5. The molecule has 0 saturated carbocycles. The number of pyridine rings is 1. The second-order valence-corrected chi connectivity index (χ2v) is 11.8. The summed E-state index contributed by atoms with van der Waals surface area (Å²) in [6.45, 7) is 4.66. The zero-order valence-corrected chi connectivity index (χ0v) is 23.5. The molecule has 6 rings (SSSR count). The largest absolute Gasteiger partial charge is 0.365 e. The van der Waals surface area contributed by atoms with Crippen LogP contribution in [0, 0.1) is 5.92 Å². The van der Waals surface area contributed by atoms with E-state index in [0.717, 1.165) is 80.1 Å². The summed E-state index contributed by atoms with van der Waals surface area (Å²) >= 11 is 9.97. The lowest BCUT2D eigenvalue weighted by atomic mass is 9.93. The van der Waals surface area contributed by atoms with Gasteiger partial charge in [-0.25, -0.2) is 0 Å². The molecule has 1 aromatic carbocycles. The van der Waals surface area contributed by atoms with Crippen molar-refractivity contribution >= 4 is 45.4 Å². The third-order valence-electron chi connectivity index (χ3n) is 8.10. The molecule has 4 heterocycles. The van der Waals surface area contributed by atoms with Crippen molar-refractivity contribution in [1.82, 2.24) is 24.9 Å². The molecule has 38 heavy (non-hydrogen) atoms. The number of amides is 1. The predicted octanol–water partition coefficient (Wildman–Crippen LogP) is 4.10. The fourth-order valence-corrected chi connectivity index (χ4v) is 6.64. The molecule has 1 unspecified atom stereocenters. The molecule has 200 valence electrons. The maximum Gasteiger partial charge on any atom is 0.325 e. The normalized spacial score (nSPS) is 20.6. The van der Waals surface area contributed by atoms with Gasteiger partial charge in [-0.05, 0) is 87.6 Å². The average molecular weight is 601 g/mol. The fraction of sp³-hybridized carbons (Fsp3) is 0.481. The number of benzene rings is 1. The van der Waals surface area contributed by atoms with Crippen molar-refractivity contribution in [2.24, 2.45) is 5.92 Å². The van der Waals surface area contributed by atoms with E-state index in [9.17, 15) is 4.79 Å². The molecule has 1 amide bonds. The average Bonchev–Trinajstić information content (AvgIpc) is 3.29. The lowest BCUT2D eigenvalue weighted by Crippen LogP contribution is -2.50. The quantitative estimate of drug-likeness (QED) is 0.477. The van der Waals surface area contributed by atoms with Gasteiger partial charge in [0.2, 0.25) is 5.91 Å². The van der Waals surface area contributed by atoms with E-state index in [1.54, 1.807) is 0 Å². The SMILES string of the molecule is Nc1noc(N2CCC(CC(=O)N3CCN(C4c5ccc(Cl)cc5CCc5cc(Br)cnc54)CC3)CC2)n1. The number of piperazine rings is 1. The van der Waals surface area contributed by atoms with Crippen molar-refractivity contribution in [3.8, 4) is 0 Å². The Kier molecular flexibility index (Phi) is 7.29. The number of fused-ring (bicyclic) bond motifs is 2. The molecular formula is C27H31BrClN7O2. The molecule has 0 bridgehead atoms. The molecule has 2 saturated heterocycles. The lowest BCUT2D eigenvalue weighted by molar-refractivity contribution is -0.134. The molecule has 2 aliphatic heterocycles. The van der Waals surface area contributed by atoms with Crippen LogP contribution in [0.25, 0.3) is 0 Å². The Morgan fingerprint density at radius 2 is 1.84 bits per heavy atom. The second-order valence-electron chi connectivity index (χ2n) is 10.4. The van der Waals surface area contributed by atoms with Crippen molar-refractivity contribution in [3.63, 3.8) is 0 Å². The van der Waals surface area contributed by atoms with Crippen LogP contribution in [0.4, 0.5) is 12.0 Å². The Labute approximate surface area is 235 Å². The summed E-state index contributed by atoms with van der Waals surface area (Å²) in [4.78, 5) is 28.8. The summed E-state index contributed by atoms with van der Waals surface area (Å²) in [7, 11) is 0. The Bertz CT molecular complexity index is 1270. The number of aromatic nitrogens is 3. The van der Waals surface area contributed by atoms with Gasteiger partial charge in [-0.1, -0.05) is 17.7 Å². The van der Waals surface area contributed by atoms with Gasteiger partial charge in [0, 0.05) is 61.4 Å². The van der Waals surface area contributed by atoms with Gasteiger partial charge < -0.3 is 20.1 Å². The van der Waals surface area contributed by atoms with E-state index in [4.69, 9.17) is 26.8 Å². The molecule has 1 atom stereocenters. The zero-order chi connectivity index (χ0) is 26.2. The molecule has 2 fully saturated rings. The van der Waals surface area contributed by atoms with Crippen molar-refractivity contribution in [1.29, 1.82) is 0 Å². The standard InChI is InChI=1S/C27H31BrClN7O2/c28-20-14-19-2-1-18-15-21(29)3-4-22(18)25(24(19)31-16-20)35-11-9-34(10-12-35)23(37)13-17-5-7-36(8-6-17)27-32-26(30)33-38-27/h3-4,14-17,25H,1-2,5-13H2,(H2,30,33). The number of carbonyl (C=O) groups is 1. The number of aryl methyl sites for hydroxylation is 2. The third-order valence-corrected chi connectivity index (χ3v) is 8.77. The Morgan fingerprint density at radius 3 is 2.58 bits per heavy atom. The van der Waals surface area contributed by atoms with E-state index in [1.807, 2.05) is 22.1 Å².